The van der Waals surface area contributed by atoms with E-state index in [-0.39, 0.29) is 5.91 Å². The molecule has 0 fully saturated rings. The molecule has 0 unspecified atom stereocenters. The number of pyridine rings is 1. The number of aromatic nitrogens is 1. The molecule has 108 valence electrons. The van der Waals surface area contributed by atoms with Crippen LogP contribution in [0.15, 0.2) is 54.9 Å². The van der Waals surface area contributed by atoms with Gasteiger partial charge >= 0.3 is 0 Å². The number of hydrogen-bond donors (Lipinski definition) is 1. The van der Waals surface area contributed by atoms with E-state index in [9.17, 15) is 4.79 Å². The molecule has 2 aromatic rings. The van der Waals surface area contributed by atoms with Crippen LogP contribution < -0.4 is 10.1 Å². The summed E-state index contributed by atoms with van der Waals surface area (Å²) in [6.45, 7) is 3.06. The Morgan fingerprint density at radius 3 is 2.76 bits per heavy atom. The monoisotopic (exact) mass is 282 g/mol. The van der Waals surface area contributed by atoms with Gasteiger partial charge in [-0.2, -0.15) is 0 Å². The number of ether oxygens (including phenoxy) is 1. The van der Waals surface area contributed by atoms with Crippen LogP contribution in [-0.4, -0.2) is 17.5 Å². The summed E-state index contributed by atoms with van der Waals surface area (Å²) in [7, 11) is 0. The van der Waals surface area contributed by atoms with Gasteiger partial charge in [0.15, 0.2) is 0 Å². The van der Waals surface area contributed by atoms with Crippen molar-refractivity contribution in [2.45, 2.75) is 13.5 Å². The van der Waals surface area contributed by atoms with Crippen LogP contribution in [0.2, 0.25) is 0 Å². The van der Waals surface area contributed by atoms with E-state index in [0.29, 0.717) is 13.2 Å². The lowest BCUT2D eigenvalue weighted by atomic mass is 10.2. The van der Waals surface area contributed by atoms with Gasteiger partial charge in [0.05, 0.1) is 6.61 Å². The number of hydrogen-bond acceptors (Lipinski definition) is 3. The van der Waals surface area contributed by atoms with Gasteiger partial charge in [0, 0.05) is 25.0 Å². The van der Waals surface area contributed by atoms with Crippen LogP contribution in [0.1, 0.15) is 18.1 Å². The molecule has 2 rings (SSSR count). The molecule has 0 bridgehead atoms. The summed E-state index contributed by atoms with van der Waals surface area (Å²) >= 11 is 0. The Balaban J connectivity index is 1.84. The first-order chi connectivity index (χ1) is 10.3. The highest BCUT2D eigenvalue weighted by atomic mass is 16.5. The summed E-state index contributed by atoms with van der Waals surface area (Å²) < 4.78 is 5.36. The molecule has 4 heteroatoms. The summed E-state index contributed by atoms with van der Waals surface area (Å²) in [5.41, 5.74) is 1.93. The van der Waals surface area contributed by atoms with Crippen molar-refractivity contribution in [2.24, 2.45) is 0 Å². The van der Waals surface area contributed by atoms with Crippen LogP contribution >= 0.6 is 0 Å². The first kappa shape index (κ1) is 14.8. The summed E-state index contributed by atoms with van der Waals surface area (Å²) in [6.07, 6.45) is 6.73. The van der Waals surface area contributed by atoms with Gasteiger partial charge in [0.1, 0.15) is 5.75 Å². The second-order valence-corrected chi connectivity index (χ2v) is 4.41. The van der Waals surface area contributed by atoms with Gasteiger partial charge in [-0.15, -0.1) is 0 Å². The van der Waals surface area contributed by atoms with Crippen molar-refractivity contribution in [3.8, 4) is 5.75 Å². The molecule has 1 aromatic carbocycles. The van der Waals surface area contributed by atoms with E-state index >= 15 is 0 Å². The van der Waals surface area contributed by atoms with Gasteiger partial charge in [-0.1, -0.05) is 18.2 Å². The number of amides is 1. The van der Waals surface area contributed by atoms with Crippen molar-refractivity contribution in [1.29, 1.82) is 0 Å². The Hall–Kier alpha value is -2.62. The van der Waals surface area contributed by atoms with Crippen LogP contribution in [0.3, 0.4) is 0 Å². The van der Waals surface area contributed by atoms with E-state index in [1.165, 1.54) is 6.08 Å². The summed E-state index contributed by atoms with van der Waals surface area (Å²) in [5.74, 6) is 0.698. The molecule has 0 radical (unpaired) electrons. The predicted octanol–water partition coefficient (Wildman–Crippen LogP) is 2.81. The van der Waals surface area contributed by atoms with Crippen molar-refractivity contribution in [2.75, 3.05) is 6.61 Å². The number of nitrogens with one attached hydrogen (secondary N) is 1. The highest BCUT2D eigenvalue weighted by Crippen LogP contribution is 2.12. The van der Waals surface area contributed by atoms with E-state index in [4.69, 9.17) is 4.74 Å². The third-order valence-corrected chi connectivity index (χ3v) is 2.81. The number of nitrogens with zero attached hydrogens (tertiary/aromatic N) is 1. The van der Waals surface area contributed by atoms with Crippen LogP contribution in [0.4, 0.5) is 0 Å². The highest BCUT2D eigenvalue weighted by molar-refractivity contribution is 5.91. The van der Waals surface area contributed by atoms with Crippen molar-refractivity contribution >= 4 is 12.0 Å². The van der Waals surface area contributed by atoms with E-state index in [0.717, 1.165) is 16.9 Å². The first-order valence-electron chi connectivity index (χ1n) is 6.85. The Morgan fingerprint density at radius 2 is 2.10 bits per heavy atom. The first-order valence-corrected chi connectivity index (χ1v) is 6.85. The molecule has 1 heterocycles. The zero-order chi connectivity index (χ0) is 14.9. The lowest BCUT2D eigenvalue weighted by Crippen LogP contribution is -2.20. The number of rotatable bonds is 6. The summed E-state index contributed by atoms with van der Waals surface area (Å²) in [4.78, 5) is 15.7. The van der Waals surface area contributed by atoms with Gasteiger partial charge in [-0.05, 0) is 42.3 Å². The largest absolute Gasteiger partial charge is 0.494 e. The topological polar surface area (TPSA) is 51.2 Å². The van der Waals surface area contributed by atoms with Crippen LogP contribution in [0, 0.1) is 0 Å². The molecule has 4 nitrogen and oxygen atoms in total. The second-order valence-electron chi connectivity index (χ2n) is 4.41. The van der Waals surface area contributed by atoms with E-state index in [1.54, 1.807) is 18.5 Å². The maximum Gasteiger partial charge on any atom is 0.244 e. The Kier molecular flexibility index (Phi) is 5.52. The van der Waals surface area contributed by atoms with Crippen molar-refractivity contribution in [3.63, 3.8) is 0 Å². The fraction of sp³-hybridized carbons (Fsp3) is 0.176. The van der Waals surface area contributed by atoms with Crippen molar-refractivity contribution < 1.29 is 9.53 Å². The molecule has 0 saturated heterocycles. The number of carbonyl (C=O) groups excluding carboxylic acids is 1. The molecule has 21 heavy (non-hydrogen) atoms. The minimum absolute atomic E-state index is 0.132. The molecule has 1 aromatic heterocycles. The molecule has 0 aliphatic carbocycles. The van der Waals surface area contributed by atoms with Crippen molar-refractivity contribution in [3.05, 3.63) is 66.0 Å². The second kappa shape index (κ2) is 7.85. The van der Waals surface area contributed by atoms with Gasteiger partial charge in [0.2, 0.25) is 5.91 Å². The molecular formula is C17H18N2O2. The summed E-state index contributed by atoms with van der Waals surface area (Å²) in [6, 6.07) is 11.4. The molecule has 0 aliphatic rings. The standard InChI is InChI=1S/C17H18N2O2/c1-2-21-16-8-5-14(6-9-16)7-10-17(20)19-13-15-4-3-11-18-12-15/h3-12H,2,13H2,1H3,(H,19,20). The van der Waals surface area contributed by atoms with Crippen LogP contribution in [0.25, 0.3) is 6.08 Å². The molecule has 1 N–H and O–H groups in total. The minimum Gasteiger partial charge on any atom is -0.494 e. The number of carbonyl (C=O) groups is 1. The van der Waals surface area contributed by atoms with Gasteiger partial charge in [-0.25, -0.2) is 0 Å². The maximum absolute atomic E-state index is 11.7. The lowest BCUT2D eigenvalue weighted by molar-refractivity contribution is -0.116. The van der Waals surface area contributed by atoms with Gasteiger partial charge in [0.25, 0.3) is 0 Å². The zero-order valence-corrected chi connectivity index (χ0v) is 12.0. The zero-order valence-electron chi connectivity index (χ0n) is 12.0. The maximum atomic E-state index is 11.7. The lowest BCUT2D eigenvalue weighted by Gasteiger charge is -2.03. The van der Waals surface area contributed by atoms with E-state index in [1.807, 2.05) is 43.3 Å². The average Bonchev–Trinajstić information content (AvgIpc) is 2.53. The minimum atomic E-state index is -0.132. The van der Waals surface area contributed by atoms with E-state index < -0.39 is 0 Å². The predicted molar refractivity (Wildman–Crippen MR) is 82.7 cm³/mol. The normalized spacial score (nSPS) is 10.5. The summed E-state index contributed by atoms with van der Waals surface area (Å²) in [5, 5.41) is 2.81. The Labute approximate surface area is 124 Å². The molecular weight excluding hydrogens is 264 g/mol. The molecule has 1 amide bonds. The molecule has 0 spiro atoms. The van der Waals surface area contributed by atoms with Crippen LogP contribution in [0.5, 0.6) is 5.75 Å². The third kappa shape index (κ3) is 5.10. The number of benzene rings is 1. The highest BCUT2D eigenvalue weighted by Gasteiger charge is 1.97. The Bertz CT molecular complexity index is 592. The smallest absolute Gasteiger partial charge is 0.244 e. The average molecular weight is 282 g/mol. The van der Waals surface area contributed by atoms with Gasteiger partial charge in [-0.3, -0.25) is 9.78 Å². The Morgan fingerprint density at radius 1 is 1.29 bits per heavy atom. The molecule has 0 saturated carbocycles. The van der Waals surface area contributed by atoms with Crippen LogP contribution in [-0.2, 0) is 11.3 Å². The molecule has 0 aliphatic heterocycles. The van der Waals surface area contributed by atoms with E-state index in [2.05, 4.69) is 10.3 Å². The fourth-order valence-electron chi connectivity index (χ4n) is 1.76. The van der Waals surface area contributed by atoms with Crippen molar-refractivity contribution in [1.82, 2.24) is 10.3 Å². The van der Waals surface area contributed by atoms with Gasteiger partial charge < -0.3 is 10.1 Å². The quantitative estimate of drug-likeness (QED) is 0.829. The fourth-order valence-corrected chi connectivity index (χ4v) is 1.76. The third-order valence-electron chi connectivity index (χ3n) is 2.81. The molecule has 0 atom stereocenters. The SMILES string of the molecule is CCOc1ccc(C=CC(=O)NCc2cccnc2)cc1.